The number of nitrogens with zero attached hydrogens (tertiary/aromatic N) is 2. The molecule has 0 radical (unpaired) electrons. The fourth-order valence-corrected chi connectivity index (χ4v) is 2.98. The van der Waals surface area contributed by atoms with E-state index in [0.29, 0.717) is 12.2 Å². The van der Waals surface area contributed by atoms with E-state index in [-0.39, 0.29) is 30.6 Å². The van der Waals surface area contributed by atoms with Crippen LogP contribution < -0.4 is 10.2 Å². The maximum Gasteiger partial charge on any atom is 0.262 e. The van der Waals surface area contributed by atoms with E-state index in [1.165, 1.54) is 0 Å². The van der Waals surface area contributed by atoms with Crippen LogP contribution in [0.5, 0.6) is 0 Å². The lowest BCUT2D eigenvalue weighted by Gasteiger charge is -2.27. The van der Waals surface area contributed by atoms with Crippen molar-refractivity contribution in [1.82, 2.24) is 10.2 Å². The minimum atomic E-state index is -0.964. The van der Waals surface area contributed by atoms with Gasteiger partial charge in [-0.2, -0.15) is 0 Å². The second-order valence-corrected chi connectivity index (χ2v) is 5.82. The van der Waals surface area contributed by atoms with Crippen LogP contribution in [0.3, 0.4) is 0 Å². The largest absolute Gasteiger partial charge is 0.395 e. The molecule has 3 rings (SSSR count). The molecule has 0 saturated carbocycles. The molecule has 4 amide bonds. The third-order valence-electron chi connectivity index (χ3n) is 4.30. The molecule has 8 heteroatoms. The molecule has 8 nitrogen and oxygen atoms in total. The predicted molar refractivity (Wildman–Crippen MR) is 83.5 cm³/mol. The van der Waals surface area contributed by atoms with Gasteiger partial charge >= 0.3 is 0 Å². The summed E-state index contributed by atoms with van der Waals surface area (Å²) in [4.78, 5) is 51.1. The van der Waals surface area contributed by atoms with Crippen LogP contribution in [0.4, 0.5) is 5.69 Å². The number of aliphatic hydroxyl groups is 1. The Hall–Kier alpha value is -2.74. The van der Waals surface area contributed by atoms with Crippen LogP contribution in [0.1, 0.15) is 33.6 Å². The minimum Gasteiger partial charge on any atom is -0.395 e. The summed E-state index contributed by atoms with van der Waals surface area (Å²) in [6.45, 7) is 0.348. The summed E-state index contributed by atoms with van der Waals surface area (Å²) in [6, 6.07) is 3.85. The Labute approximate surface area is 138 Å². The minimum absolute atomic E-state index is 0.0388. The second-order valence-electron chi connectivity index (χ2n) is 5.82. The van der Waals surface area contributed by atoms with Gasteiger partial charge in [0.05, 0.1) is 17.7 Å². The van der Waals surface area contributed by atoms with Crippen molar-refractivity contribution in [2.45, 2.75) is 18.9 Å². The molecule has 1 aromatic rings. The van der Waals surface area contributed by atoms with Crippen LogP contribution in [0.25, 0.3) is 0 Å². The first-order chi connectivity index (χ1) is 11.4. The summed E-state index contributed by atoms with van der Waals surface area (Å²) in [5.74, 6) is -2.09. The molecule has 126 valence electrons. The van der Waals surface area contributed by atoms with Gasteiger partial charge in [0, 0.05) is 25.7 Å². The molecule has 0 spiro atoms. The van der Waals surface area contributed by atoms with Crippen LogP contribution in [-0.2, 0) is 9.59 Å². The van der Waals surface area contributed by atoms with Crippen molar-refractivity contribution < 1.29 is 24.3 Å². The Balaban J connectivity index is 1.91. The highest BCUT2D eigenvalue weighted by atomic mass is 16.3. The molecule has 0 bridgehead atoms. The maximum absolute atomic E-state index is 12.6. The number of imide groups is 2. The Bertz CT molecular complexity index is 745. The first kappa shape index (κ1) is 16.1. The first-order valence-corrected chi connectivity index (χ1v) is 7.61. The van der Waals surface area contributed by atoms with Gasteiger partial charge in [0.15, 0.2) is 0 Å². The van der Waals surface area contributed by atoms with E-state index < -0.39 is 29.7 Å². The van der Waals surface area contributed by atoms with Gasteiger partial charge in [0.25, 0.3) is 11.8 Å². The number of rotatable bonds is 4. The highest BCUT2D eigenvalue weighted by Gasteiger charge is 2.44. The predicted octanol–water partition coefficient (Wildman–Crippen LogP) is -0.484. The number of likely N-dealkylation sites (N-methyl/N-ethyl adjacent to an activating group) is 1. The van der Waals surface area contributed by atoms with E-state index in [9.17, 15) is 19.2 Å². The number of amides is 4. The van der Waals surface area contributed by atoms with Crippen molar-refractivity contribution >= 4 is 29.3 Å². The number of piperidine rings is 1. The van der Waals surface area contributed by atoms with Crippen LogP contribution in [0, 0.1) is 0 Å². The van der Waals surface area contributed by atoms with Gasteiger partial charge in [-0.1, -0.05) is 0 Å². The summed E-state index contributed by atoms with van der Waals surface area (Å²) >= 11 is 0. The Kier molecular flexibility index (Phi) is 4.06. The molecule has 24 heavy (non-hydrogen) atoms. The number of carbonyl (C=O) groups is 4. The topological polar surface area (TPSA) is 107 Å². The van der Waals surface area contributed by atoms with Crippen molar-refractivity contribution in [3.05, 3.63) is 29.3 Å². The number of fused-ring (bicyclic) bond motifs is 1. The quantitative estimate of drug-likeness (QED) is 0.722. The molecule has 0 aromatic heterocycles. The average Bonchev–Trinajstić information content (AvgIpc) is 2.79. The van der Waals surface area contributed by atoms with Gasteiger partial charge in [0.1, 0.15) is 6.04 Å². The molecule has 0 aliphatic carbocycles. The van der Waals surface area contributed by atoms with Crippen molar-refractivity contribution in [1.29, 1.82) is 0 Å². The zero-order valence-electron chi connectivity index (χ0n) is 13.1. The highest BCUT2D eigenvalue weighted by molar-refractivity contribution is 6.23. The molecule has 2 aliphatic heterocycles. The Morgan fingerprint density at radius 3 is 2.58 bits per heavy atom. The van der Waals surface area contributed by atoms with E-state index >= 15 is 0 Å². The van der Waals surface area contributed by atoms with E-state index in [2.05, 4.69) is 5.32 Å². The lowest BCUT2D eigenvalue weighted by atomic mass is 10.0. The summed E-state index contributed by atoms with van der Waals surface area (Å²) in [6.07, 6.45) is 0.224. The van der Waals surface area contributed by atoms with E-state index in [0.717, 1.165) is 4.90 Å². The molecular weight excluding hydrogens is 314 g/mol. The molecule has 1 unspecified atom stereocenters. The van der Waals surface area contributed by atoms with Crippen molar-refractivity contribution in [3.8, 4) is 0 Å². The van der Waals surface area contributed by atoms with Gasteiger partial charge in [-0.15, -0.1) is 0 Å². The number of aliphatic hydroxyl groups excluding tert-OH is 1. The molecule has 2 aliphatic rings. The lowest BCUT2D eigenvalue weighted by Crippen LogP contribution is -2.54. The molecule has 1 atom stereocenters. The second kappa shape index (κ2) is 6.04. The first-order valence-electron chi connectivity index (χ1n) is 7.61. The molecule has 1 fully saturated rings. The van der Waals surface area contributed by atoms with Gasteiger partial charge in [-0.25, -0.2) is 0 Å². The van der Waals surface area contributed by atoms with Crippen molar-refractivity contribution in [2.75, 3.05) is 25.1 Å². The summed E-state index contributed by atoms with van der Waals surface area (Å²) in [5, 5.41) is 11.2. The summed E-state index contributed by atoms with van der Waals surface area (Å²) < 4.78 is 0. The van der Waals surface area contributed by atoms with E-state index in [1.807, 2.05) is 0 Å². The fraction of sp³-hybridized carbons (Fsp3) is 0.375. The summed E-state index contributed by atoms with van der Waals surface area (Å²) in [7, 11) is 1.76. The molecule has 2 N–H and O–H groups in total. The number of carbonyl (C=O) groups excluding carboxylic acids is 4. The van der Waals surface area contributed by atoms with Gasteiger partial charge < -0.3 is 10.0 Å². The number of nitrogens with one attached hydrogen (secondary N) is 1. The van der Waals surface area contributed by atoms with Gasteiger partial charge in [-0.3, -0.25) is 29.4 Å². The maximum atomic E-state index is 12.6. The van der Waals surface area contributed by atoms with E-state index in [4.69, 9.17) is 5.11 Å². The third-order valence-corrected chi connectivity index (χ3v) is 4.30. The van der Waals surface area contributed by atoms with Gasteiger partial charge in [-0.05, 0) is 24.6 Å². The Morgan fingerprint density at radius 2 is 1.92 bits per heavy atom. The molecule has 2 heterocycles. The van der Waals surface area contributed by atoms with Crippen LogP contribution in [-0.4, -0.2) is 59.9 Å². The number of anilines is 1. The van der Waals surface area contributed by atoms with Gasteiger partial charge in [0.2, 0.25) is 11.8 Å². The van der Waals surface area contributed by atoms with Crippen molar-refractivity contribution in [3.63, 3.8) is 0 Å². The van der Waals surface area contributed by atoms with E-state index in [1.54, 1.807) is 30.1 Å². The number of benzene rings is 1. The number of hydrogen-bond acceptors (Lipinski definition) is 6. The SMILES string of the molecule is CN(CCO)c1ccc2c(c1)C(=O)N(C1CCC(=O)NC1=O)C2=O. The normalized spacial score (nSPS) is 20.2. The molecule has 1 aromatic carbocycles. The molecule has 1 saturated heterocycles. The van der Waals surface area contributed by atoms with Crippen LogP contribution in [0.15, 0.2) is 18.2 Å². The zero-order valence-corrected chi connectivity index (χ0v) is 13.1. The number of hydrogen-bond donors (Lipinski definition) is 2. The Morgan fingerprint density at radius 1 is 1.21 bits per heavy atom. The van der Waals surface area contributed by atoms with Crippen LogP contribution in [0.2, 0.25) is 0 Å². The fourth-order valence-electron chi connectivity index (χ4n) is 2.98. The smallest absolute Gasteiger partial charge is 0.262 e. The monoisotopic (exact) mass is 331 g/mol. The standard InChI is InChI=1S/C16H17N3O5/c1-18(6-7-20)9-2-3-10-11(8-9)16(24)19(15(10)23)12-4-5-13(21)17-14(12)22/h2-3,8,12,20H,4-7H2,1H3,(H,17,21,22). The average molecular weight is 331 g/mol. The summed E-state index contributed by atoms with van der Waals surface area (Å²) in [5.41, 5.74) is 1.16. The highest BCUT2D eigenvalue weighted by Crippen LogP contribution is 2.30. The van der Waals surface area contributed by atoms with Crippen LogP contribution >= 0.6 is 0 Å². The molecular formula is C16H17N3O5. The lowest BCUT2D eigenvalue weighted by molar-refractivity contribution is -0.136. The zero-order chi connectivity index (χ0) is 17.4. The third kappa shape index (κ3) is 2.54. The van der Waals surface area contributed by atoms with Crippen molar-refractivity contribution in [2.24, 2.45) is 0 Å².